The molecule has 0 aromatic rings. The Kier molecular flexibility index (Phi) is 3.42. The molecule has 1 fully saturated rings. The zero-order chi connectivity index (χ0) is 9.14. The van der Waals surface area contributed by atoms with Gasteiger partial charge < -0.3 is 24.8 Å². The molecule has 0 aromatic heterocycles. The lowest BCUT2D eigenvalue weighted by Gasteiger charge is -2.14. The predicted molar refractivity (Wildman–Crippen MR) is 39.3 cm³/mol. The average molecular weight is 178 g/mol. The zero-order valence-electron chi connectivity index (χ0n) is 6.88. The third-order valence-electron chi connectivity index (χ3n) is 2.13. The predicted octanol–water partition coefficient (Wildman–Crippen LogP) is -1.68. The number of aliphatic hydroxyl groups is 3. The van der Waals surface area contributed by atoms with Gasteiger partial charge in [-0.1, -0.05) is 0 Å². The molecule has 0 aliphatic carbocycles. The van der Waals surface area contributed by atoms with Crippen LogP contribution >= 0.6 is 0 Å². The smallest absolute Gasteiger partial charge is 0.183 e. The van der Waals surface area contributed by atoms with E-state index in [-0.39, 0.29) is 13.2 Å². The SMILES string of the molecule is CO[C@@H]1O[C@H](CO)[C@H](CO)[C@H]1O. The third kappa shape index (κ3) is 1.60. The minimum Gasteiger partial charge on any atom is -0.396 e. The summed E-state index contributed by atoms with van der Waals surface area (Å²) in [6.07, 6.45) is -2.13. The molecule has 4 atom stereocenters. The fourth-order valence-electron chi connectivity index (χ4n) is 1.37. The quantitative estimate of drug-likeness (QED) is 0.481. The van der Waals surface area contributed by atoms with E-state index in [9.17, 15) is 5.11 Å². The highest BCUT2D eigenvalue weighted by Crippen LogP contribution is 2.26. The maximum absolute atomic E-state index is 9.43. The van der Waals surface area contributed by atoms with Crippen molar-refractivity contribution in [2.75, 3.05) is 20.3 Å². The van der Waals surface area contributed by atoms with E-state index in [0.29, 0.717) is 0 Å². The van der Waals surface area contributed by atoms with Crippen LogP contribution in [0.2, 0.25) is 0 Å². The molecular weight excluding hydrogens is 164 g/mol. The van der Waals surface area contributed by atoms with E-state index < -0.39 is 24.4 Å². The van der Waals surface area contributed by atoms with Crippen molar-refractivity contribution in [3.63, 3.8) is 0 Å². The summed E-state index contributed by atoms with van der Waals surface area (Å²) in [6.45, 7) is -0.436. The summed E-state index contributed by atoms with van der Waals surface area (Å²) in [6, 6.07) is 0. The van der Waals surface area contributed by atoms with Crippen molar-refractivity contribution in [2.24, 2.45) is 5.92 Å². The molecular formula is C7H14O5. The molecule has 0 amide bonds. The van der Waals surface area contributed by atoms with E-state index in [4.69, 9.17) is 19.7 Å². The Morgan fingerprint density at radius 1 is 1.33 bits per heavy atom. The van der Waals surface area contributed by atoms with Gasteiger partial charge >= 0.3 is 0 Å². The minimum absolute atomic E-state index is 0.216. The zero-order valence-corrected chi connectivity index (χ0v) is 6.88. The van der Waals surface area contributed by atoms with Crippen LogP contribution in [-0.2, 0) is 9.47 Å². The molecule has 0 unspecified atom stereocenters. The molecule has 1 aliphatic heterocycles. The number of ether oxygens (including phenoxy) is 2. The van der Waals surface area contributed by atoms with E-state index in [1.807, 2.05) is 0 Å². The van der Waals surface area contributed by atoms with Gasteiger partial charge in [0, 0.05) is 13.0 Å². The number of hydrogen-bond acceptors (Lipinski definition) is 5. The molecule has 0 spiro atoms. The fourth-order valence-corrected chi connectivity index (χ4v) is 1.37. The van der Waals surface area contributed by atoms with Gasteiger partial charge in [0.15, 0.2) is 6.29 Å². The molecule has 1 rings (SSSR count). The van der Waals surface area contributed by atoms with Crippen LogP contribution in [0.15, 0.2) is 0 Å². The van der Waals surface area contributed by atoms with Crippen LogP contribution in [0, 0.1) is 5.92 Å². The maximum Gasteiger partial charge on any atom is 0.183 e. The van der Waals surface area contributed by atoms with Gasteiger partial charge in [0.25, 0.3) is 0 Å². The third-order valence-corrected chi connectivity index (χ3v) is 2.13. The summed E-state index contributed by atoms with van der Waals surface area (Å²) < 4.78 is 9.89. The molecule has 5 nitrogen and oxygen atoms in total. The summed E-state index contributed by atoms with van der Waals surface area (Å²) in [5, 5.41) is 27.1. The molecule has 1 saturated heterocycles. The first-order valence-electron chi connectivity index (χ1n) is 3.82. The number of rotatable bonds is 3. The topological polar surface area (TPSA) is 79.2 Å². The standard InChI is InChI=1S/C7H14O5/c1-11-7-6(10)4(2-8)5(3-9)12-7/h4-10H,2-3H2,1H3/t4-,5+,6+,7+/m0/s1. The van der Waals surface area contributed by atoms with Gasteiger partial charge in [0.1, 0.15) is 6.10 Å². The van der Waals surface area contributed by atoms with Gasteiger partial charge in [-0.15, -0.1) is 0 Å². The highest BCUT2D eigenvalue weighted by atomic mass is 16.7. The summed E-state index contributed by atoms with van der Waals surface area (Å²) in [4.78, 5) is 0. The van der Waals surface area contributed by atoms with Gasteiger partial charge in [-0.25, -0.2) is 0 Å². The lowest BCUT2D eigenvalue weighted by atomic mass is 10.0. The van der Waals surface area contributed by atoms with Crippen molar-refractivity contribution < 1.29 is 24.8 Å². The molecule has 0 bridgehead atoms. The van der Waals surface area contributed by atoms with Crippen LogP contribution in [0.3, 0.4) is 0 Å². The summed E-state index contributed by atoms with van der Waals surface area (Å²) in [5.41, 5.74) is 0. The fraction of sp³-hybridized carbons (Fsp3) is 1.00. The molecule has 0 radical (unpaired) electrons. The van der Waals surface area contributed by atoms with Gasteiger partial charge in [0.05, 0.1) is 19.3 Å². The molecule has 72 valence electrons. The Labute approximate surface area is 70.5 Å². The Bertz CT molecular complexity index is 138. The summed E-state index contributed by atoms with van der Waals surface area (Å²) in [7, 11) is 1.40. The van der Waals surface area contributed by atoms with Crippen LogP contribution < -0.4 is 0 Å². The highest BCUT2D eigenvalue weighted by molar-refractivity contribution is 4.85. The van der Waals surface area contributed by atoms with Gasteiger partial charge in [-0.3, -0.25) is 0 Å². The van der Waals surface area contributed by atoms with Gasteiger partial charge in [-0.2, -0.15) is 0 Å². The maximum atomic E-state index is 9.43. The molecule has 0 saturated carbocycles. The van der Waals surface area contributed by atoms with Crippen molar-refractivity contribution in [3.05, 3.63) is 0 Å². The Morgan fingerprint density at radius 2 is 2.00 bits per heavy atom. The van der Waals surface area contributed by atoms with Crippen molar-refractivity contribution >= 4 is 0 Å². The minimum atomic E-state index is -0.864. The molecule has 3 N–H and O–H groups in total. The van der Waals surface area contributed by atoms with Crippen LogP contribution in [-0.4, -0.2) is 54.1 Å². The monoisotopic (exact) mass is 178 g/mol. The second kappa shape index (κ2) is 4.15. The number of aliphatic hydroxyl groups excluding tert-OH is 3. The van der Waals surface area contributed by atoms with E-state index in [1.165, 1.54) is 7.11 Å². The lowest BCUT2D eigenvalue weighted by Crippen LogP contribution is -2.32. The van der Waals surface area contributed by atoms with E-state index >= 15 is 0 Å². The molecule has 1 aliphatic rings. The van der Waals surface area contributed by atoms with E-state index in [1.54, 1.807) is 0 Å². The first-order valence-corrected chi connectivity index (χ1v) is 3.82. The van der Waals surface area contributed by atoms with Crippen molar-refractivity contribution in [1.82, 2.24) is 0 Å². The van der Waals surface area contributed by atoms with Crippen LogP contribution in [0.25, 0.3) is 0 Å². The largest absolute Gasteiger partial charge is 0.396 e. The molecule has 1 heterocycles. The van der Waals surface area contributed by atoms with Crippen LogP contribution in [0.5, 0.6) is 0 Å². The van der Waals surface area contributed by atoms with Crippen molar-refractivity contribution in [2.45, 2.75) is 18.5 Å². The summed E-state index contributed by atoms with van der Waals surface area (Å²) >= 11 is 0. The van der Waals surface area contributed by atoms with E-state index in [0.717, 1.165) is 0 Å². The second-order valence-electron chi connectivity index (χ2n) is 2.80. The molecule has 5 heteroatoms. The van der Waals surface area contributed by atoms with Gasteiger partial charge in [0.2, 0.25) is 0 Å². The Morgan fingerprint density at radius 3 is 2.33 bits per heavy atom. The first-order chi connectivity index (χ1) is 5.74. The summed E-state index contributed by atoms with van der Waals surface area (Å²) in [5.74, 6) is -0.458. The molecule has 0 aromatic carbocycles. The van der Waals surface area contributed by atoms with Crippen molar-refractivity contribution in [3.8, 4) is 0 Å². The van der Waals surface area contributed by atoms with Crippen LogP contribution in [0.4, 0.5) is 0 Å². The lowest BCUT2D eigenvalue weighted by molar-refractivity contribution is -0.153. The Hall–Kier alpha value is -0.200. The average Bonchev–Trinajstić information content (AvgIpc) is 2.41. The second-order valence-corrected chi connectivity index (χ2v) is 2.80. The molecule has 12 heavy (non-hydrogen) atoms. The number of hydrogen-bond donors (Lipinski definition) is 3. The number of methoxy groups -OCH3 is 1. The van der Waals surface area contributed by atoms with Crippen molar-refractivity contribution in [1.29, 1.82) is 0 Å². The Balaban J connectivity index is 2.58. The first kappa shape index (κ1) is 9.88. The van der Waals surface area contributed by atoms with Gasteiger partial charge in [-0.05, 0) is 0 Å². The highest BCUT2D eigenvalue weighted by Gasteiger charge is 2.42. The normalized spacial score (nSPS) is 42.0. The van der Waals surface area contributed by atoms with Crippen LogP contribution in [0.1, 0.15) is 0 Å². The van der Waals surface area contributed by atoms with E-state index in [2.05, 4.69) is 0 Å².